The Morgan fingerprint density at radius 2 is 2.00 bits per heavy atom. The number of hydrogen-bond donors (Lipinski definition) is 1. The molecule has 2 aliphatic rings. The molecular weight excluding hydrogens is 481 g/mol. The van der Waals surface area contributed by atoms with E-state index in [9.17, 15) is 19.5 Å². The summed E-state index contributed by atoms with van der Waals surface area (Å²) in [7, 11) is 0. The number of hydrogen-bond acceptors (Lipinski definition) is 7. The van der Waals surface area contributed by atoms with Crippen LogP contribution in [-0.4, -0.2) is 71.4 Å². The molecule has 10 heteroatoms. The molecule has 9 nitrogen and oxygen atoms in total. The monoisotopic (exact) mass is 517 g/mol. The Morgan fingerprint density at radius 1 is 1.27 bits per heavy atom. The average Bonchev–Trinajstić information content (AvgIpc) is 3.68. The summed E-state index contributed by atoms with van der Waals surface area (Å²) < 4.78 is 28.7. The minimum absolute atomic E-state index is 0.0937. The maximum atomic E-state index is 15.8. The molecule has 0 radical (unpaired) electrons. The molecule has 37 heavy (non-hydrogen) atoms. The highest BCUT2D eigenvalue weighted by atomic mass is 19.1. The number of benzene rings is 1. The smallest absolute Gasteiger partial charge is 0.410 e. The van der Waals surface area contributed by atoms with E-state index in [2.05, 4.69) is 0 Å². The number of piperazine rings is 1. The van der Waals surface area contributed by atoms with E-state index in [1.165, 1.54) is 6.07 Å². The van der Waals surface area contributed by atoms with E-state index in [0.717, 1.165) is 12.8 Å². The topological polar surface area (TPSA) is 101 Å². The lowest BCUT2D eigenvalue weighted by atomic mass is 10.0. The summed E-state index contributed by atoms with van der Waals surface area (Å²) >= 11 is 0. The Kier molecular flexibility index (Phi) is 7.89. The van der Waals surface area contributed by atoms with Gasteiger partial charge in [0.05, 0.1) is 23.4 Å². The maximum absolute atomic E-state index is 15.8. The number of amides is 1. The predicted octanol–water partition coefficient (Wildman–Crippen LogP) is 3.63. The number of rotatable bonds is 8. The molecule has 0 bridgehead atoms. The van der Waals surface area contributed by atoms with Gasteiger partial charge >= 0.3 is 6.09 Å². The van der Waals surface area contributed by atoms with E-state index in [1.54, 1.807) is 36.8 Å². The van der Waals surface area contributed by atoms with E-state index in [0.29, 0.717) is 24.0 Å². The lowest BCUT2D eigenvalue weighted by Crippen LogP contribution is -2.56. The van der Waals surface area contributed by atoms with Gasteiger partial charge in [0, 0.05) is 62.1 Å². The average molecular weight is 518 g/mol. The minimum atomic E-state index is -0.684. The van der Waals surface area contributed by atoms with E-state index >= 15 is 4.39 Å². The fourth-order valence-electron chi connectivity index (χ4n) is 4.96. The number of carbonyl (C=O) groups is 2. The second kappa shape index (κ2) is 10.8. The second-order valence-electron chi connectivity index (χ2n) is 10.7. The highest BCUT2D eigenvalue weighted by Gasteiger charge is 2.36. The molecule has 1 N–H and O–H groups in total. The molecule has 0 spiro atoms. The van der Waals surface area contributed by atoms with Crippen LogP contribution in [0, 0.1) is 5.82 Å². The predicted molar refractivity (Wildman–Crippen MR) is 138 cm³/mol. The van der Waals surface area contributed by atoms with E-state index < -0.39 is 23.6 Å². The summed E-state index contributed by atoms with van der Waals surface area (Å²) in [5.41, 5.74) is 0.0248. The van der Waals surface area contributed by atoms with Crippen LogP contribution >= 0.6 is 0 Å². The number of nitrogens with zero attached hydrogens (tertiary/aromatic N) is 3. The van der Waals surface area contributed by atoms with Crippen LogP contribution in [0.5, 0.6) is 0 Å². The molecule has 2 aromatic rings. The Morgan fingerprint density at radius 3 is 2.59 bits per heavy atom. The van der Waals surface area contributed by atoms with Crippen LogP contribution in [0.2, 0.25) is 0 Å². The Hall–Kier alpha value is -2.98. The minimum Gasteiger partial charge on any atom is -0.444 e. The summed E-state index contributed by atoms with van der Waals surface area (Å²) in [6.45, 7) is 8.26. The van der Waals surface area contributed by atoms with E-state index in [-0.39, 0.29) is 67.4 Å². The Labute approximate surface area is 215 Å². The zero-order valence-corrected chi connectivity index (χ0v) is 22.0. The summed E-state index contributed by atoms with van der Waals surface area (Å²) in [6.07, 6.45) is 3.93. The fraction of sp³-hybridized carbons (Fsp3) is 0.593. The normalized spacial score (nSPS) is 18.4. The van der Waals surface area contributed by atoms with Gasteiger partial charge in [-0.1, -0.05) is 0 Å². The Balaban J connectivity index is 1.80. The number of aromatic nitrogens is 1. The molecule has 1 atom stereocenters. The second-order valence-corrected chi connectivity index (χ2v) is 10.7. The molecule has 1 aromatic heterocycles. The molecule has 1 amide bonds. The number of aldehydes is 1. The first-order valence-corrected chi connectivity index (χ1v) is 12.9. The van der Waals surface area contributed by atoms with Crippen molar-refractivity contribution < 1.29 is 28.6 Å². The van der Waals surface area contributed by atoms with Crippen molar-refractivity contribution in [3.63, 3.8) is 0 Å². The number of halogens is 1. The third-order valence-electron chi connectivity index (χ3n) is 6.76. The van der Waals surface area contributed by atoms with Crippen LogP contribution in [0.3, 0.4) is 0 Å². The van der Waals surface area contributed by atoms with Crippen LogP contribution < -0.4 is 10.3 Å². The molecule has 1 saturated heterocycles. The van der Waals surface area contributed by atoms with Crippen LogP contribution in [0.25, 0.3) is 10.9 Å². The van der Waals surface area contributed by atoms with Crippen LogP contribution in [0.4, 0.5) is 14.9 Å². The molecule has 1 aromatic carbocycles. The van der Waals surface area contributed by atoms with Crippen LogP contribution in [0.1, 0.15) is 68.9 Å². The molecule has 1 aliphatic heterocycles. The number of fused-ring (bicyclic) bond motifs is 1. The summed E-state index contributed by atoms with van der Waals surface area (Å²) in [6, 6.07) is 0.887. The molecule has 4 rings (SSSR count). The van der Waals surface area contributed by atoms with Crippen molar-refractivity contribution in [2.45, 2.75) is 71.2 Å². The van der Waals surface area contributed by atoms with Gasteiger partial charge in [0.2, 0.25) is 0 Å². The van der Waals surface area contributed by atoms with Crippen LogP contribution in [0.15, 0.2) is 17.1 Å². The first kappa shape index (κ1) is 27.1. The number of anilines is 1. The number of ether oxygens (including phenoxy) is 2. The summed E-state index contributed by atoms with van der Waals surface area (Å²) in [4.78, 5) is 41.8. The third kappa shape index (κ3) is 5.65. The molecule has 2 heterocycles. The number of pyridine rings is 1. The third-order valence-corrected chi connectivity index (χ3v) is 6.76. The molecule has 1 saturated carbocycles. The zero-order chi connectivity index (χ0) is 26.9. The van der Waals surface area contributed by atoms with Crippen molar-refractivity contribution in [1.82, 2.24) is 9.47 Å². The van der Waals surface area contributed by atoms with Crippen molar-refractivity contribution in [3.05, 3.63) is 39.4 Å². The van der Waals surface area contributed by atoms with Gasteiger partial charge in [0.15, 0.2) is 11.7 Å². The SMILES string of the molecule is CCOCc1cn(C2CC2)c2c(C=O)c(N3CCN(C(=O)OC(C)(C)C)CC3CCO)c(F)cc2c1=O. The van der Waals surface area contributed by atoms with Gasteiger partial charge in [-0.05, 0) is 53.0 Å². The Bertz CT molecular complexity index is 1230. The van der Waals surface area contributed by atoms with Gasteiger partial charge in [-0.25, -0.2) is 9.18 Å². The fourth-order valence-corrected chi connectivity index (χ4v) is 4.96. The van der Waals surface area contributed by atoms with Crippen molar-refractivity contribution >= 4 is 29.0 Å². The molecule has 1 unspecified atom stereocenters. The molecule has 202 valence electrons. The van der Waals surface area contributed by atoms with E-state index in [1.807, 2.05) is 11.5 Å². The lowest BCUT2D eigenvalue weighted by Gasteiger charge is -2.43. The molecule has 2 fully saturated rings. The highest BCUT2D eigenvalue weighted by molar-refractivity contribution is 6.02. The maximum Gasteiger partial charge on any atom is 0.410 e. The van der Waals surface area contributed by atoms with Gasteiger partial charge in [-0.15, -0.1) is 0 Å². The number of aliphatic hydroxyl groups excluding tert-OH is 1. The largest absolute Gasteiger partial charge is 0.444 e. The van der Waals surface area contributed by atoms with Gasteiger partial charge < -0.3 is 28.9 Å². The standard InChI is InChI=1S/C27H36FN3O6/c1-5-36-16-17-13-31(18-6-7-18)23-20(25(17)34)12-22(28)24(21(23)15-33)30-10-9-29(14-19(30)8-11-32)26(35)37-27(2,3)4/h12-13,15,18-19,32H,5-11,14,16H2,1-4H3. The van der Waals surface area contributed by atoms with E-state index in [4.69, 9.17) is 9.47 Å². The molecular formula is C27H36FN3O6. The highest BCUT2D eigenvalue weighted by Crippen LogP contribution is 2.40. The van der Waals surface area contributed by atoms with Crippen molar-refractivity contribution in [2.24, 2.45) is 0 Å². The number of aliphatic hydroxyl groups is 1. The lowest BCUT2D eigenvalue weighted by molar-refractivity contribution is 0.0206. The summed E-state index contributed by atoms with van der Waals surface area (Å²) in [5, 5.41) is 9.89. The first-order valence-electron chi connectivity index (χ1n) is 12.9. The van der Waals surface area contributed by atoms with Crippen LogP contribution in [-0.2, 0) is 16.1 Å². The van der Waals surface area contributed by atoms with Gasteiger partial charge in [0.1, 0.15) is 11.4 Å². The number of carbonyl (C=O) groups excluding carboxylic acids is 2. The quantitative estimate of drug-likeness (QED) is 0.534. The van der Waals surface area contributed by atoms with Gasteiger partial charge in [0.25, 0.3) is 0 Å². The van der Waals surface area contributed by atoms with Crippen molar-refractivity contribution in [2.75, 3.05) is 37.7 Å². The van der Waals surface area contributed by atoms with Crippen molar-refractivity contribution in [3.8, 4) is 0 Å². The molecule has 1 aliphatic carbocycles. The van der Waals surface area contributed by atoms with Gasteiger partial charge in [-0.2, -0.15) is 0 Å². The first-order chi connectivity index (χ1) is 17.6. The van der Waals surface area contributed by atoms with Crippen molar-refractivity contribution in [1.29, 1.82) is 0 Å². The summed E-state index contributed by atoms with van der Waals surface area (Å²) in [5.74, 6) is -0.684. The van der Waals surface area contributed by atoms with Gasteiger partial charge in [-0.3, -0.25) is 9.59 Å². The zero-order valence-electron chi connectivity index (χ0n) is 22.0.